The van der Waals surface area contributed by atoms with Crippen LogP contribution >= 0.6 is 12.2 Å². The van der Waals surface area contributed by atoms with Crippen LogP contribution in [0.15, 0.2) is 0 Å². The largest absolute Gasteiger partial charge is 0.363 e. The maximum atomic E-state index is 5.30. The molecule has 0 heterocycles. The molecule has 0 saturated carbocycles. The summed E-state index contributed by atoms with van der Waals surface area (Å²) in [4.78, 5) is 2.14. The third-order valence-corrected chi connectivity index (χ3v) is 3.11. The van der Waals surface area contributed by atoms with Crippen molar-refractivity contribution in [2.75, 3.05) is 13.6 Å². The number of nitrogens with zero attached hydrogens (tertiary/aromatic N) is 1. The van der Waals surface area contributed by atoms with Gasteiger partial charge in [0.1, 0.15) is 0 Å². The number of thiocarbonyl (C=S) groups is 1. The molecular weight excluding hydrogens is 192 g/mol. The second-order valence-corrected chi connectivity index (χ2v) is 5.27. The summed E-state index contributed by atoms with van der Waals surface area (Å²) in [6.07, 6.45) is 1.11. The van der Waals surface area contributed by atoms with Crippen molar-refractivity contribution in [1.82, 2.24) is 10.2 Å². The summed E-state index contributed by atoms with van der Waals surface area (Å²) >= 11 is 5.30. The van der Waals surface area contributed by atoms with Crippen LogP contribution in [0.2, 0.25) is 0 Å². The fourth-order valence-corrected chi connectivity index (χ4v) is 1.37. The minimum atomic E-state index is 0.257. The van der Waals surface area contributed by atoms with Gasteiger partial charge in [0.15, 0.2) is 5.11 Å². The first-order valence-electron chi connectivity index (χ1n) is 5.31. The van der Waals surface area contributed by atoms with E-state index in [0.717, 1.165) is 18.1 Å². The second-order valence-electron chi connectivity index (χ2n) is 4.88. The Kier molecular flexibility index (Phi) is 5.42. The van der Waals surface area contributed by atoms with Crippen LogP contribution in [0.1, 0.15) is 41.0 Å². The molecule has 14 heavy (non-hydrogen) atoms. The van der Waals surface area contributed by atoms with Crippen LogP contribution in [0.4, 0.5) is 0 Å². The zero-order valence-corrected chi connectivity index (χ0v) is 11.2. The molecular formula is C11H24N2S. The third-order valence-electron chi connectivity index (χ3n) is 2.68. The maximum Gasteiger partial charge on any atom is 0.168 e. The van der Waals surface area contributed by atoms with E-state index in [4.69, 9.17) is 12.2 Å². The summed E-state index contributed by atoms with van der Waals surface area (Å²) in [6, 6.07) is 0.444. The van der Waals surface area contributed by atoms with Gasteiger partial charge in [0.2, 0.25) is 0 Å². The topological polar surface area (TPSA) is 15.3 Å². The van der Waals surface area contributed by atoms with Crippen LogP contribution in [0.5, 0.6) is 0 Å². The van der Waals surface area contributed by atoms with Crippen molar-refractivity contribution in [3.63, 3.8) is 0 Å². The van der Waals surface area contributed by atoms with Gasteiger partial charge in [0, 0.05) is 19.6 Å². The van der Waals surface area contributed by atoms with Gasteiger partial charge in [0.25, 0.3) is 0 Å². The Morgan fingerprint density at radius 2 is 1.93 bits per heavy atom. The van der Waals surface area contributed by atoms with Crippen molar-refractivity contribution in [3.05, 3.63) is 0 Å². The first kappa shape index (κ1) is 13.7. The van der Waals surface area contributed by atoms with Gasteiger partial charge in [-0.2, -0.15) is 0 Å². The van der Waals surface area contributed by atoms with E-state index >= 15 is 0 Å². The molecule has 0 bridgehead atoms. The SMILES string of the molecule is CCCNC(=S)N(C)C(C)C(C)(C)C. The normalized spacial score (nSPS) is 13.6. The highest BCUT2D eigenvalue weighted by molar-refractivity contribution is 7.80. The lowest BCUT2D eigenvalue weighted by Gasteiger charge is -2.37. The van der Waals surface area contributed by atoms with Crippen molar-refractivity contribution < 1.29 is 0 Å². The van der Waals surface area contributed by atoms with Crippen LogP contribution in [-0.4, -0.2) is 29.6 Å². The highest BCUT2D eigenvalue weighted by Crippen LogP contribution is 2.22. The van der Waals surface area contributed by atoms with Gasteiger partial charge < -0.3 is 10.2 Å². The number of nitrogens with one attached hydrogen (secondary N) is 1. The zero-order chi connectivity index (χ0) is 11.4. The fourth-order valence-electron chi connectivity index (χ4n) is 1.11. The van der Waals surface area contributed by atoms with Crippen LogP contribution in [0.3, 0.4) is 0 Å². The fraction of sp³-hybridized carbons (Fsp3) is 0.909. The van der Waals surface area contributed by atoms with Gasteiger partial charge in [-0.1, -0.05) is 27.7 Å². The van der Waals surface area contributed by atoms with Crippen LogP contribution in [0.25, 0.3) is 0 Å². The molecule has 0 fully saturated rings. The average molecular weight is 216 g/mol. The Morgan fingerprint density at radius 3 is 2.29 bits per heavy atom. The molecule has 0 aromatic carbocycles. The van der Waals surface area contributed by atoms with E-state index in [-0.39, 0.29) is 5.41 Å². The van der Waals surface area contributed by atoms with Gasteiger partial charge in [0.05, 0.1) is 0 Å². The molecule has 0 aromatic heterocycles. The molecule has 84 valence electrons. The summed E-state index contributed by atoms with van der Waals surface area (Å²) in [5.41, 5.74) is 0.257. The molecule has 1 atom stereocenters. The van der Waals surface area contributed by atoms with Crippen LogP contribution in [-0.2, 0) is 0 Å². The standard InChI is InChI=1S/C11H24N2S/c1-7-8-12-10(14)13(6)9(2)11(3,4)5/h9H,7-8H2,1-6H3,(H,12,14). The lowest BCUT2D eigenvalue weighted by atomic mass is 9.87. The highest BCUT2D eigenvalue weighted by atomic mass is 32.1. The molecule has 2 nitrogen and oxygen atoms in total. The van der Waals surface area contributed by atoms with Gasteiger partial charge in [-0.15, -0.1) is 0 Å². The van der Waals surface area contributed by atoms with Crippen molar-refractivity contribution in [3.8, 4) is 0 Å². The Hall–Kier alpha value is -0.310. The van der Waals surface area contributed by atoms with Gasteiger partial charge >= 0.3 is 0 Å². The molecule has 0 radical (unpaired) electrons. The lowest BCUT2D eigenvalue weighted by Crippen LogP contribution is -2.47. The number of rotatable bonds is 3. The van der Waals surface area contributed by atoms with Crippen molar-refractivity contribution in [1.29, 1.82) is 0 Å². The molecule has 1 N–H and O–H groups in total. The summed E-state index contributed by atoms with van der Waals surface area (Å²) < 4.78 is 0. The molecule has 0 rings (SSSR count). The summed E-state index contributed by atoms with van der Waals surface area (Å²) in [5.74, 6) is 0. The number of hydrogen-bond donors (Lipinski definition) is 1. The molecule has 0 saturated heterocycles. The summed E-state index contributed by atoms with van der Waals surface area (Å²) in [6.45, 7) is 12.0. The predicted octanol–water partition coefficient (Wildman–Crippen LogP) is 2.64. The highest BCUT2D eigenvalue weighted by Gasteiger charge is 2.24. The monoisotopic (exact) mass is 216 g/mol. The first-order chi connectivity index (χ1) is 6.30. The van der Waals surface area contributed by atoms with E-state index < -0.39 is 0 Å². The lowest BCUT2D eigenvalue weighted by molar-refractivity contribution is 0.207. The molecule has 0 spiro atoms. The summed E-state index contributed by atoms with van der Waals surface area (Å²) in [7, 11) is 2.06. The van der Waals surface area contributed by atoms with Crippen molar-refractivity contribution in [2.45, 2.75) is 47.1 Å². The average Bonchev–Trinajstić information content (AvgIpc) is 2.10. The smallest absolute Gasteiger partial charge is 0.168 e. The third kappa shape index (κ3) is 4.27. The van der Waals surface area contributed by atoms with E-state index in [1.54, 1.807) is 0 Å². The van der Waals surface area contributed by atoms with Crippen LogP contribution < -0.4 is 5.32 Å². The van der Waals surface area contributed by atoms with E-state index in [9.17, 15) is 0 Å². The van der Waals surface area contributed by atoms with E-state index in [1.165, 1.54) is 0 Å². The van der Waals surface area contributed by atoms with Crippen molar-refractivity contribution >= 4 is 17.3 Å². The van der Waals surface area contributed by atoms with Crippen molar-refractivity contribution in [2.24, 2.45) is 5.41 Å². The van der Waals surface area contributed by atoms with E-state index in [0.29, 0.717) is 6.04 Å². The molecule has 0 aliphatic heterocycles. The maximum absolute atomic E-state index is 5.30. The van der Waals surface area contributed by atoms with Gasteiger partial charge in [-0.25, -0.2) is 0 Å². The molecule has 1 unspecified atom stereocenters. The number of hydrogen-bond acceptors (Lipinski definition) is 1. The first-order valence-corrected chi connectivity index (χ1v) is 5.72. The Morgan fingerprint density at radius 1 is 1.43 bits per heavy atom. The Labute approximate surface area is 94.1 Å². The Balaban J connectivity index is 4.18. The predicted molar refractivity (Wildman–Crippen MR) is 67.6 cm³/mol. The molecule has 0 aliphatic carbocycles. The van der Waals surface area contributed by atoms with Gasteiger partial charge in [-0.3, -0.25) is 0 Å². The molecule has 0 aromatic rings. The summed E-state index contributed by atoms with van der Waals surface area (Å²) in [5, 5.41) is 4.10. The molecule has 0 amide bonds. The second kappa shape index (κ2) is 5.54. The zero-order valence-electron chi connectivity index (χ0n) is 10.3. The molecule has 0 aliphatic rings. The van der Waals surface area contributed by atoms with E-state index in [2.05, 4.69) is 51.9 Å². The minimum Gasteiger partial charge on any atom is -0.363 e. The quantitative estimate of drug-likeness (QED) is 0.730. The Bertz CT molecular complexity index is 184. The van der Waals surface area contributed by atoms with Crippen LogP contribution in [0, 0.1) is 5.41 Å². The minimum absolute atomic E-state index is 0.257. The van der Waals surface area contributed by atoms with E-state index in [1.807, 2.05) is 0 Å². The van der Waals surface area contributed by atoms with Gasteiger partial charge in [-0.05, 0) is 31.0 Å². The molecule has 3 heteroatoms.